The predicted octanol–water partition coefficient (Wildman–Crippen LogP) is 5.99. The van der Waals surface area contributed by atoms with Crippen molar-refractivity contribution in [3.63, 3.8) is 0 Å². The van der Waals surface area contributed by atoms with E-state index in [1.807, 2.05) is 43.3 Å². The number of phenolic OH excluding ortho intramolecular Hbond substituents is 1. The maximum absolute atomic E-state index is 14.1. The molecule has 0 unspecified atom stereocenters. The fraction of sp³-hybridized carbons (Fsp3) is 0.179. The molecule has 5 nitrogen and oxygen atoms in total. The molecule has 174 valence electrons. The van der Waals surface area contributed by atoms with Crippen LogP contribution in [-0.4, -0.2) is 25.2 Å². The molecule has 0 heterocycles. The number of allylic oxidation sites excluding steroid dienone is 3. The molecule has 0 aliphatic heterocycles. The molecule has 0 radical (unpaired) electrons. The van der Waals surface area contributed by atoms with Gasteiger partial charge in [-0.25, -0.2) is 4.39 Å². The van der Waals surface area contributed by atoms with Gasteiger partial charge >= 0.3 is 0 Å². The minimum atomic E-state index is -0.346. The Morgan fingerprint density at radius 1 is 1.00 bits per heavy atom. The minimum absolute atomic E-state index is 0.0501. The molecule has 6 heteroatoms. The molecule has 0 saturated carbocycles. The van der Waals surface area contributed by atoms with E-state index in [2.05, 4.69) is 5.32 Å². The summed E-state index contributed by atoms with van der Waals surface area (Å²) in [4.78, 5) is 12.8. The van der Waals surface area contributed by atoms with E-state index >= 15 is 0 Å². The van der Waals surface area contributed by atoms with E-state index < -0.39 is 0 Å². The van der Waals surface area contributed by atoms with Crippen LogP contribution in [0, 0.1) is 5.82 Å². The summed E-state index contributed by atoms with van der Waals surface area (Å²) in [7, 11) is 2.97. The van der Waals surface area contributed by atoms with Crippen LogP contribution in [0.2, 0.25) is 0 Å². The van der Waals surface area contributed by atoms with Crippen molar-refractivity contribution in [2.24, 2.45) is 0 Å². The Hall–Kier alpha value is -4.06. The number of nitrogens with one attached hydrogen (secondary N) is 1. The number of aromatic hydroxyl groups is 1. The van der Waals surface area contributed by atoms with Crippen LogP contribution in [0.25, 0.3) is 11.1 Å². The average Bonchev–Trinajstić information content (AvgIpc) is 3.08. The summed E-state index contributed by atoms with van der Waals surface area (Å²) in [5.41, 5.74) is 5.90. The van der Waals surface area contributed by atoms with Crippen molar-refractivity contribution in [1.29, 1.82) is 0 Å². The molecule has 1 aliphatic carbocycles. The summed E-state index contributed by atoms with van der Waals surface area (Å²) in [5.74, 6) is 0.0945. The third kappa shape index (κ3) is 4.66. The van der Waals surface area contributed by atoms with E-state index in [9.17, 15) is 14.3 Å². The van der Waals surface area contributed by atoms with Gasteiger partial charge in [-0.15, -0.1) is 0 Å². The van der Waals surface area contributed by atoms with Crippen LogP contribution in [0.5, 0.6) is 17.2 Å². The molecule has 3 aromatic carbocycles. The zero-order chi connectivity index (χ0) is 24.2. The first-order valence-electron chi connectivity index (χ1n) is 10.9. The van der Waals surface area contributed by atoms with Crippen LogP contribution in [0.15, 0.2) is 72.3 Å². The molecule has 0 fully saturated rings. The highest BCUT2D eigenvalue weighted by Gasteiger charge is 2.25. The molecular weight excluding hydrogens is 433 g/mol. The van der Waals surface area contributed by atoms with Gasteiger partial charge in [0.2, 0.25) is 11.7 Å². The van der Waals surface area contributed by atoms with E-state index in [1.165, 1.54) is 26.4 Å². The molecular formula is C28H26FNO4. The van der Waals surface area contributed by atoms with Crippen LogP contribution in [0.4, 0.5) is 10.1 Å². The number of halogens is 1. The smallest absolute Gasteiger partial charge is 0.228 e. The Balaban J connectivity index is 1.66. The maximum atomic E-state index is 14.1. The van der Waals surface area contributed by atoms with Crippen LogP contribution < -0.4 is 14.8 Å². The molecule has 0 spiro atoms. The number of anilines is 1. The molecule has 34 heavy (non-hydrogen) atoms. The van der Waals surface area contributed by atoms with Crippen LogP contribution in [0.3, 0.4) is 0 Å². The van der Waals surface area contributed by atoms with Gasteiger partial charge in [-0.2, -0.15) is 0 Å². The van der Waals surface area contributed by atoms with Crippen molar-refractivity contribution in [2.45, 2.75) is 19.8 Å². The third-order valence-corrected chi connectivity index (χ3v) is 5.93. The number of ether oxygens (including phenoxy) is 2. The number of carbonyl (C=O) groups excluding carboxylic acids is 1. The number of carbonyl (C=O) groups is 1. The van der Waals surface area contributed by atoms with E-state index in [4.69, 9.17) is 9.47 Å². The minimum Gasteiger partial charge on any atom is -0.502 e. The first-order valence-corrected chi connectivity index (χ1v) is 10.9. The standard InChI is InChI=1S/C28H26FNO4/c1-17-21(11-9-18-13-25(33-2)28(32)26(14-18)34-3)22-12-10-19(29)15-24(22)23(17)16-27(31)30-20-7-5-4-6-8-20/h4-8,10-15,32H,9,16H2,1-3H3,(H,30,31)/b21-11-. The highest BCUT2D eigenvalue weighted by atomic mass is 19.1. The number of hydrogen-bond donors (Lipinski definition) is 2. The van der Waals surface area contributed by atoms with Gasteiger partial charge in [-0.05, 0) is 83.2 Å². The summed E-state index contributed by atoms with van der Waals surface area (Å²) in [5, 5.41) is 13.1. The van der Waals surface area contributed by atoms with E-state index in [1.54, 1.807) is 18.2 Å². The average molecular weight is 460 g/mol. The SMILES string of the molecule is COc1cc(C/C=C2/C(C)=C(CC(=O)Nc3ccccc3)c3cc(F)ccc32)cc(OC)c1O. The van der Waals surface area contributed by atoms with E-state index in [-0.39, 0.29) is 23.9 Å². The van der Waals surface area contributed by atoms with Crippen molar-refractivity contribution >= 4 is 22.7 Å². The molecule has 1 amide bonds. The second kappa shape index (κ2) is 9.83. The highest BCUT2D eigenvalue weighted by Crippen LogP contribution is 2.44. The van der Waals surface area contributed by atoms with Crippen LogP contribution in [-0.2, 0) is 11.2 Å². The molecule has 1 aliphatic rings. The van der Waals surface area contributed by atoms with Gasteiger partial charge in [0, 0.05) is 5.69 Å². The lowest BCUT2D eigenvalue weighted by Gasteiger charge is -2.11. The second-order valence-electron chi connectivity index (χ2n) is 8.06. The molecule has 3 aromatic rings. The number of fused-ring (bicyclic) bond motifs is 1. The summed E-state index contributed by atoms with van der Waals surface area (Å²) < 4.78 is 24.6. The summed E-state index contributed by atoms with van der Waals surface area (Å²) >= 11 is 0. The van der Waals surface area contributed by atoms with E-state index in [0.29, 0.717) is 23.6 Å². The van der Waals surface area contributed by atoms with Gasteiger partial charge in [0.15, 0.2) is 11.5 Å². The molecule has 0 saturated heterocycles. The molecule has 2 N–H and O–H groups in total. The molecule has 0 atom stereocenters. The Morgan fingerprint density at radius 2 is 1.68 bits per heavy atom. The van der Waals surface area contributed by atoms with Crippen molar-refractivity contribution < 1.29 is 23.8 Å². The predicted molar refractivity (Wildman–Crippen MR) is 132 cm³/mol. The monoisotopic (exact) mass is 459 g/mol. The maximum Gasteiger partial charge on any atom is 0.228 e. The normalized spacial score (nSPS) is 13.7. The molecule has 4 rings (SSSR count). The fourth-order valence-electron chi connectivity index (χ4n) is 4.23. The van der Waals surface area contributed by atoms with Crippen molar-refractivity contribution in [1.82, 2.24) is 0 Å². The number of hydrogen-bond acceptors (Lipinski definition) is 4. The Labute approximate surface area is 198 Å². The Kier molecular flexibility index (Phi) is 6.68. The summed E-state index contributed by atoms with van der Waals surface area (Å²) in [6.45, 7) is 1.95. The lowest BCUT2D eigenvalue weighted by Crippen LogP contribution is -2.11. The molecule has 0 bridgehead atoms. The highest BCUT2D eigenvalue weighted by molar-refractivity contribution is 6.06. The van der Waals surface area contributed by atoms with Crippen molar-refractivity contribution in [2.75, 3.05) is 19.5 Å². The number of para-hydroxylation sites is 1. The number of rotatable bonds is 7. The summed E-state index contributed by atoms with van der Waals surface area (Å²) in [6, 6.07) is 17.4. The largest absolute Gasteiger partial charge is 0.502 e. The Bertz CT molecular complexity index is 1270. The first kappa shape index (κ1) is 23.1. The third-order valence-electron chi connectivity index (χ3n) is 5.93. The number of benzene rings is 3. The van der Waals surface area contributed by atoms with Gasteiger partial charge < -0.3 is 19.9 Å². The summed E-state index contributed by atoms with van der Waals surface area (Å²) in [6.07, 6.45) is 2.70. The van der Waals surface area contributed by atoms with Crippen LogP contribution >= 0.6 is 0 Å². The van der Waals surface area contributed by atoms with Gasteiger partial charge in [0.1, 0.15) is 5.82 Å². The van der Waals surface area contributed by atoms with Gasteiger partial charge in [0.05, 0.1) is 20.6 Å². The Morgan fingerprint density at radius 3 is 2.32 bits per heavy atom. The lowest BCUT2D eigenvalue weighted by atomic mass is 10.00. The van der Waals surface area contributed by atoms with E-state index in [0.717, 1.165) is 33.4 Å². The molecule has 0 aromatic heterocycles. The lowest BCUT2D eigenvalue weighted by molar-refractivity contribution is -0.115. The van der Waals surface area contributed by atoms with Crippen molar-refractivity contribution in [3.8, 4) is 17.2 Å². The fourth-order valence-corrected chi connectivity index (χ4v) is 4.23. The number of methoxy groups -OCH3 is 2. The van der Waals surface area contributed by atoms with Crippen LogP contribution in [0.1, 0.15) is 30.0 Å². The zero-order valence-corrected chi connectivity index (χ0v) is 19.3. The topological polar surface area (TPSA) is 67.8 Å². The van der Waals surface area contributed by atoms with Gasteiger partial charge in [-0.1, -0.05) is 30.3 Å². The van der Waals surface area contributed by atoms with Gasteiger partial charge in [-0.3, -0.25) is 4.79 Å². The second-order valence-corrected chi connectivity index (χ2v) is 8.06. The van der Waals surface area contributed by atoms with Gasteiger partial charge in [0.25, 0.3) is 0 Å². The van der Waals surface area contributed by atoms with Crippen molar-refractivity contribution in [3.05, 3.63) is 94.8 Å². The quantitative estimate of drug-likeness (QED) is 0.455. The first-order chi connectivity index (χ1) is 16.4. The number of amides is 1. The zero-order valence-electron chi connectivity index (χ0n) is 19.3. The number of phenols is 1.